The molecule has 0 saturated carbocycles. The Balaban J connectivity index is 1.49. The van der Waals surface area contributed by atoms with Crippen molar-refractivity contribution in [3.05, 3.63) is 29.3 Å². The third-order valence-electron chi connectivity index (χ3n) is 5.35. The number of rotatable bonds is 2. The van der Waals surface area contributed by atoms with E-state index in [-0.39, 0.29) is 12.0 Å². The molecule has 1 aromatic heterocycles. The third kappa shape index (κ3) is 4.31. The number of halogens is 1. The number of benzene rings is 1. The number of amides is 2. The quantitative estimate of drug-likeness (QED) is 0.718. The van der Waals surface area contributed by atoms with Crippen LogP contribution >= 0.6 is 11.6 Å². The van der Waals surface area contributed by atoms with Gasteiger partial charge in [0, 0.05) is 50.2 Å². The van der Waals surface area contributed by atoms with Gasteiger partial charge in [0.2, 0.25) is 5.91 Å². The van der Waals surface area contributed by atoms with Gasteiger partial charge in [-0.15, -0.1) is 0 Å². The molecule has 0 radical (unpaired) electrons. The van der Waals surface area contributed by atoms with E-state index in [0.717, 1.165) is 35.4 Å². The molecule has 0 aliphatic carbocycles. The molecule has 0 atom stereocenters. The van der Waals surface area contributed by atoms with Crippen LogP contribution in [0.2, 0.25) is 5.02 Å². The van der Waals surface area contributed by atoms with Crippen LogP contribution in [0.4, 0.5) is 16.3 Å². The molecule has 2 aliphatic heterocycles. The Kier molecular flexibility index (Phi) is 5.49. The molecule has 1 aromatic carbocycles. The van der Waals surface area contributed by atoms with Gasteiger partial charge in [-0.3, -0.25) is 4.79 Å². The van der Waals surface area contributed by atoms with Crippen molar-refractivity contribution < 1.29 is 14.3 Å². The number of hydrogen-bond acceptors (Lipinski definition) is 5. The monoisotopic (exact) mass is 430 g/mol. The first kappa shape index (κ1) is 20.7. The van der Waals surface area contributed by atoms with Gasteiger partial charge < -0.3 is 19.4 Å². The average molecular weight is 431 g/mol. The van der Waals surface area contributed by atoms with Gasteiger partial charge in [0.25, 0.3) is 0 Å². The molecule has 30 heavy (non-hydrogen) atoms. The van der Waals surface area contributed by atoms with Gasteiger partial charge in [-0.2, -0.15) is 0 Å². The van der Waals surface area contributed by atoms with Crippen LogP contribution in [0.25, 0.3) is 10.9 Å². The van der Waals surface area contributed by atoms with Gasteiger partial charge in [-0.1, -0.05) is 11.6 Å². The summed E-state index contributed by atoms with van der Waals surface area (Å²) in [7, 11) is 0. The maximum atomic E-state index is 12.3. The fraction of sp³-hybridized carbons (Fsp3) is 0.500. The van der Waals surface area contributed by atoms with Crippen LogP contribution in [-0.2, 0) is 9.53 Å². The van der Waals surface area contributed by atoms with Gasteiger partial charge >= 0.3 is 6.09 Å². The Morgan fingerprint density at radius 1 is 1.10 bits per heavy atom. The highest BCUT2D eigenvalue weighted by molar-refractivity contribution is 6.33. The van der Waals surface area contributed by atoms with E-state index in [9.17, 15) is 9.59 Å². The number of pyridine rings is 1. The number of hydrogen-bond donors (Lipinski definition) is 0. The molecule has 2 aromatic rings. The summed E-state index contributed by atoms with van der Waals surface area (Å²) in [6.45, 7) is 8.74. The lowest BCUT2D eigenvalue weighted by molar-refractivity contribution is -0.117. The smallest absolute Gasteiger partial charge is 0.410 e. The van der Waals surface area contributed by atoms with E-state index in [1.807, 2.05) is 49.9 Å². The molecule has 2 fully saturated rings. The van der Waals surface area contributed by atoms with Gasteiger partial charge in [0.1, 0.15) is 11.4 Å². The van der Waals surface area contributed by atoms with Crippen LogP contribution in [0.15, 0.2) is 24.3 Å². The second-order valence-electron chi connectivity index (χ2n) is 8.77. The number of anilines is 2. The normalized spacial score (nSPS) is 17.7. The van der Waals surface area contributed by atoms with Crippen LogP contribution in [0.1, 0.15) is 33.6 Å². The van der Waals surface area contributed by atoms with Crippen LogP contribution < -0.4 is 9.80 Å². The summed E-state index contributed by atoms with van der Waals surface area (Å²) < 4.78 is 5.46. The van der Waals surface area contributed by atoms with E-state index in [4.69, 9.17) is 21.3 Å². The minimum atomic E-state index is -0.504. The molecule has 0 unspecified atom stereocenters. The van der Waals surface area contributed by atoms with Gasteiger partial charge in [0.15, 0.2) is 0 Å². The van der Waals surface area contributed by atoms with Crippen molar-refractivity contribution in [2.24, 2.45) is 0 Å². The lowest BCUT2D eigenvalue weighted by atomic mass is 10.1. The molecule has 2 amide bonds. The Hall–Kier alpha value is -2.54. The molecular formula is C22H27ClN4O3. The van der Waals surface area contributed by atoms with Crippen molar-refractivity contribution in [3.63, 3.8) is 0 Å². The van der Waals surface area contributed by atoms with E-state index < -0.39 is 5.60 Å². The molecular weight excluding hydrogens is 404 g/mol. The minimum absolute atomic E-state index is 0.160. The number of carbonyl (C=O) groups is 2. The van der Waals surface area contributed by atoms with E-state index in [1.165, 1.54) is 0 Å². The lowest BCUT2D eigenvalue weighted by Crippen LogP contribution is -2.50. The van der Waals surface area contributed by atoms with E-state index in [1.54, 1.807) is 4.90 Å². The first-order chi connectivity index (χ1) is 14.2. The standard InChI is InChI=1S/C22H27ClN4O3/c1-22(2,3)30-21(29)26-11-9-25(10-12-26)20-17(23)14-15-13-16(6-7-18(15)24-20)27-8-4-5-19(27)28/h6-7,13-14H,4-5,8-12H2,1-3H3. The van der Waals surface area contributed by atoms with E-state index in [0.29, 0.717) is 37.6 Å². The highest BCUT2D eigenvalue weighted by atomic mass is 35.5. The number of carbonyl (C=O) groups excluding carboxylic acids is 2. The van der Waals surface area contributed by atoms with Crippen LogP contribution in [0, 0.1) is 0 Å². The van der Waals surface area contributed by atoms with Gasteiger partial charge in [0.05, 0.1) is 10.5 Å². The van der Waals surface area contributed by atoms with Gasteiger partial charge in [-0.25, -0.2) is 9.78 Å². The summed E-state index contributed by atoms with van der Waals surface area (Å²) >= 11 is 6.57. The molecule has 0 bridgehead atoms. The number of piperazine rings is 1. The van der Waals surface area contributed by atoms with Crippen molar-refractivity contribution in [1.82, 2.24) is 9.88 Å². The SMILES string of the molecule is CC(C)(C)OC(=O)N1CCN(c2nc3ccc(N4CCCC4=O)cc3cc2Cl)CC1. The van der Waals surface area contributed by atoms with Crippen molar-refractivity contribution in [2.45, 2.75) is 39.2 Å². The lowest BCUT2D eigenvalue weighted by Gasteiger charge is -2.36. The van der Waals surface area contributed by atoms with Crippen LogP contribution in [-0.4, -0.2) is 60.2 Å². The number of fused-ring (bicyclic) bond motifs is 1. The predicted molar refractivity (Wildman–Crippen MR) is 118 cm³/mol. The van der Waals surface area contributed by atoms with Crippen LogP contribution in [0.3, 0.4) is 0 Å². The third-order valence-corrected chi connectivity index (χ3v) is 5.63. The fourth-order valence-electron chi connectivity index (χ4n) is 3.87. The number of nitrogens with zero attached hydrogens (tertiary/aromatic N) is 4. The largest absolute Gasteiger partial charge is 0.444 e. The highest BCUT2D eigenvalue weighted by Crippen LogP contribution is 2.32. The zero-order valence-electron chi connectivity index (χ0n) is 17.7. The molecule has 4 rings (SSSR count). The highest BCUT2D eigenvalue weighted by Gasteiger charge is 2.27. The molecule has 2 aliphatic rings. The van der Waals surface area contributed by atoms with Crippen molar-refractivity contribution in [1.29, 1.82) is 0 Å². The van der Waals surface area contributed by atoms with Crippen molar-refractivity contribution >= 4 is 46.0 Å². The summed E-state index contributed by atoms with van der Waals surface area (Å²) in [5, 5.41) is 1.48. The van der Waals surface area contributed by atoms with Crippen molar-refractivity contribution in [3.8, 4) is 0 Å². The summed E-state index contributed by atoms with van der Waals surface area (Å²) in [6, 6.07) is 7.76. The van der Waals surface area contributed by atoms with E-state index in [2.05, 4.69) is 4.90 Å². The zero-order valence-corrected chi connectivity index (χ0v) is 18.4. The topological polar surface area (TPSA) is 66.0 Å². The molecule has 7 nitrogen and oxygen atoms in total. The summed E-state index contributed by atoms with van der Waals surface area (Å²) in [4.78, 5) is 34.7. The molecule has 160 valence electrons. The molecule has 8 heteroatoms. The molecule has 0 N–H and O–H groups in total. The zero-order chi connectivity index (χ0) is 21.5. The summed E-state index contributed by atoms with van der Waals surface area (Å²) in [5.74, 6) is 0.880. The predicted octanol–water partition coefficient (Wildman–Crippen LogP) is 4.07. The first-order valence-electron chi connectivity index (χ1n) is 10.3. The first-order valence-corrected chi connectivity index (χ1v) is 10.7. The Labute approximate surface area is 181 Å². The van der Waals surface area contributed by atoms with Gasteiger partial charge in [-0.05, 0) is 51.5 Å². The number of aromatic nitrogens is 1. The van der Waals surface area contributed by atoms with Crippen LogP contribution in [0.5, 0.6) is 0 Å². The molecule has 3 heterocycles. The second-order valence-corrected chi connectivity index (χ2v) is 9.18. The second kappa shape index (κ2) is 7.95. The maximum absolute atomic E-state index is 12.3. The van der Waals surface area contributed by atoms with E-state index >= 15 is 0 Å². The molecule has 2 saturated heterocycles. The summed E-state index contributed by atoms with van der Waals surface area (Å²) in [6.07, 6.45) is 1.21. The Morgan fingerprint density at radius 2 is 1.83 bits per heavy atom. The Bertz CT molecular complexity index is 980. The molecule has 0 spiro atoms. The number of ether oxygens (including phenoxy) is 1. The Morgan fingerprint density at radius 3 is 2.47 bits per heavy atom. The maximum Gasteiger partial charge on any atom is 0.410 e. The minimum Gasteiger partial charge on any atom is -0.444 e. The summed E-state index contributed by atoms with van der Waals surface area (Å²) in [5.41, 5.74) is 1.22. The average Bonchev–Trinajstić information content (AvgIpc) is 3.12. The van der Waals surface area contributed by atoms with Crippen molar-refractivity contribution in [2.75, 3.05) is 42.5 Å². The fourth-order valence-corrected chi connectivity index (χ4v) is 4.15.